The summed E-state index contributed by atoms with van der Waals surface area (Å²) in [6.07, 6.45) is 1.25. The standard InChI is InChI=1S/C15H33N3/c1-7-18-11-10-17(12-13(18)2)9-8-14(16-6)15(3,4)5/h13-14,16H,7-12H2,1-6H3. The maximum absolute atomic E-state index is 3.48. The molecule has 0 aromatic rings. The Morgan fingerprint density at radius 3 is 2.39 bits per heavy atom. The Hall–Kier alpha value is -0.120. The van der Waals surface area contributed by atoms with Crippen LogP contribution in [-0.2, 0) is 0 Å². The number of rotatable bonds is 5. The van der Waals surface area contributed by atoms with Crippen LogP contribution in [-0.4, -0.2) is 61.7 Å². The summed E-state index contributed by atoms with van der Waals surface area (Å²) in [4.78, 5) is 5.21. The van der Waals surface area contributed by atoms with Crippen LogP contribution in [0.4, 0.5) is 0 Å². The zero-order valence-corrected chi connectivity index (χ0v) is 13.3. The van der Waals surface area contributed by atoms with E-state index in [9.17, 15) is 0 Å². The molecule has 0 aliphatic carbocycles. The lowest BCUT2D eigenvalue weighted by Gasteiger charge is -2.40. The number of nitrogens with one attached hydrogen (secondary N) is 1. The third-order valence-corrected chi connectivity index (χ3v) is 4.38. The summed E-state index contributed by atoms with van der Waals surface area (Å²) >= 11 is 0. The smallest absolute Gasteiger partial charge is 0.0195 e. The molecule has 1 heterocycles. The quantitative estimate of drug-likeness (QED) is 0.811. The maximum atomic E-state index is 3.48. The van der Waals surface area contributed by atoms with E-state index in [2.05, 4.69) is 56.8 Å². The first-order chi connectivity index (χ1) is 8.38. The van der Waals surface area contributed by atoms with E-state index in [-0.39, 0.29) is 0 Å². The SMILES string of the molecule is CCN1CCN(CCC(NC)C(C)(C)C)CC1C. The number of nitrogens with zero attached hydrogens (tertiary/aromatic N) is 2. The van der Waals surface area contributed by atoms with Gasteiger partial charge in [0.15, 0.2) is 0 Å². The number of hydrogen-bond acceptors (Lipinski definition) is 3. The van der Waals surface area contributed by atoms with Gasteiger partial charge in [0.1, 0.15) is 0 Å². The molecule has 1 N–H and O–H groups in total. The third-order valence-electron chi connectivity index (χ3n) is 4.38. The van der Waals surface area contributed by atoms with Gasteiger partial charge in [-0.25, -0.2) is 0 Å². The molecule has 1 saturated heterocycles. The molecular weight excluding hydrogens is 222 g/mol. The van der Waals surface area contributed by atoms with Crippen LogP contribution in [0.1, 0.15) is 41.0 Å². The molecule has 0 spiro atoms. The van der Waals surface area contributed by atoms with Crippen molar-refractivity contribution >= 4 is 0 Å². The molecule has 1 aliphatic rings. The van der Waals surface area contributed by atoms with Crippen molar-refractivity contribution in [2.24, 2.45) is 5.41 Å². The lowest BCUT2D eigenvalue weighted by molar-refractivity contribution is 0.0815. The van der Waals surface area contributed by atoms with Crippen molar-refractivity contribution in [3.8, 4) is 0 Å². The van der Waals surface area contributed by atoms with Crippen LogP contribution in [0.15, 0.2) is 0 Å². The molecule has 18 heavy (non-hydrogen) atoms. The molecule has 3 heteroatoms. The fourth-order valence-corrected chi connectivity index (χ4v) is 3.07. The molecule has 0 aromatic heterocycles. The first-order valence-electron chi connectivity index (χ1n) is 7.52. The zero-order valence-electron chi connectivity index (χ0n) is 13.3. The highest BCUT2D eigenvalue weighted by Gasteiger charge is 2.26. The molecule has 1 aliphatic heterocycles. The van der Waals surface area contributed by atoms with Gasteiger partial charge >= 0.3 is 0 Å². The minimum absolute atomic E-state index is 0.353. The van der Waals surface area contributed by atoms with Crippen LogP contribution in [0.2, 0.25) is 0 Å². The Bertz CT molecular complexity index is 234. The Morgan fingerprint density at radius 1 is 1.28 bits per heavy atom. The second kappa shape index (κ2) is 6.88. The topological polar surface area (TPSA) is 18.5 Å². The molecular formula is C15H33N3. The molecule has 1 rings (SSSR count). The first kappa shape index (κ1) is 15.9. The van der Waals surface area contributed by atoms with E-state index in [1.54, 1.807) is 0 Å². The molecule has 0 radical (unpaired) electrons. The summed E-state index contributed by atoms with van der Waals surface area (Å²) in [6.45, 7) is 17.7. The van der Waals surface area contributed by atoms with Crippen LogP contribution in [0, 0.1) is 5.41 Å². The van der Waals surface area contributed by atoms with Crippen molar-refractivity contribution in [1.82, 2.24) is 15.1 Å². The average Bonchev–Trinajstić information content (AvgIpc) is 2.28. The molecule has 0 bridgehead atoms. The summed E-state index contributed by atoms with van der Waals surface area (Å²) in [5, 5.41) is 3.48. The second-order valence-electron chi connectivity index (χ2n) is 6.77. The molecule has 2 atom stereocenters. The number of likely N-dealkylation sites (N-methyl/N-ethyl adjacent to an activating group) is 1. The van der Waals surface area contributed by atoms with E-state index in [1.807, 2.05) is 0 Å². The number of piperazine rings is 1. The zero-order chi connectivity index (χ0) is 13.8. The lowest BCUT2D eigenvalue weighted by atomic mass is 9.85. The average molecular weight is 255 g/mol. The largest absolute Gasteiger partial charge is 0.316 e. The van der Waals surface area contributed by atoms with Gasteiger partial charge in [-0.3, -0.25) is 4.90 Å². The van der Waals surface area contributed by atoms with Gasteiger partial charge in [0.2, 0.25) is 0 Å². The van der Waals surface area contributed by atoms with Crippen molar-refractivity contribution in [2.45, 2.75) is 53.1 Å². The maximum Gasteiger partial charge on any atom is 0.0195 e. The fraction of sp³-hybridized carbons (Fsp3) is 1.00. The highest BCUT2D eigenvalue weighted by atomic mass is 15.3. The van der Waals surface area contributed by atoms with E-state index < -0.39 is 0 Å². The molecule has 0 saturated carbocycles. The van der Waals surface area contributed by atoms with E-state index >= 15 is 0 Å². The van der Waals surface area contributed by atoms with Crippen LogP contribution in [0.3, 0.4) is 0 Å². The van der Waals surface area contributed by atoms with E-state index in [1.165, 1.54) is 39.1 Å². The third kappa shape index (κ3) is 4.52. The Balaban J connectivity index is 2.36. The van der Waals surface area contributed by atoms with Gasteiger partial charge in [-0.05, 0) is 38.9 Å². The summed E-state index contributed by atoms with van der Waals surface area (Å²) in [5.41, 5.74) is 0.353. The summed E-state index contributed by atoms with van der Waals surface area (Å²) in [6, 6.07) is 1.32. The lowest BCUT2D eigenvalue weighted by Crippen LogP contribution is -2.52. The van der Waals surface area contributed by atoms with E-state index in [0.717, 1.165) is 0 Å². The summed E-state index contributed by atoms with van der Waals surface area (Å²) in [5.74, 6) is 0. The van der Waals surface area contributed by atoms with Crippen molar-refractivity contribution in [3.05, 3.63) is 0 Å². The predicted octanol–water partition coefficient (Wildman–Crippen LogP) is 2.04. The Morgan fingerprint density at radius 2 is 1.94 bits per heavy atom. The fourth-order valence-electron chi connectivity index (χ4n) is 3.07. The van der Waals surface area contributed by atoms with E-state index in [4.69, 9.17) is 0 Å². The van der Waals surface area contributed by atoms with Gasteiger partial charge < -0.3 is 10.2 Å². The normalized spacial score (nSPS) is 25.3. The van der Waals surface area contributed by atoms with Crippen LogP contribution < -0.4 is 5.32 Å². The van der Waals surface area contributed by atoms with Crippen molar-refractivity contribution in [1.29, 1.82) is 0 Å². The Labute approximate surface area is 114 Å². The molecule has 1 fully saturated rings. The van der Waals surface area contributed by atoms with Crippen molar-refractivity contribution in [3.63, 3.8) is 0 Å². The van der Waals surface area contributed by atoms with Gasteiger partial charge in [-0.2, -0.15) is 0 Å². The minimum atomic E-state index is 0.353. The monoisotopic (exact) mass is 255 g/mol. The first-order valence-corrected chi connectivity index (χ1v) is 7.52. The van der Waals surface area contributed by atoms with Gasteiger partial charge in [-0.15, -0.1) is 0 Å². The van der Waals surface area contributed by atoms with Gasteiger partial charge in [0.25, 0.3) is 0 Å². The number of hydrogen-bond donors (Lipinski definition) is 1. The second-order valence-corrected chi connectivity index (χ2v) is 6.77. The van der Waals surface area contributed by atoms with Gasteiger partial charge in [0.05, 0.1) is 0 Å². The van der Waals surface area contributed by atoms with Gasteiger partial charge in [0, 0.05) is 31.7 Å². The van der Waals surface area contributed by atoms with Crippen molar-refractivity contribution < 1.29 is 0 Å². The van der Waals surface area contributed by atoms with Crippen LogP contribution >= 0.6 is 0 Å². The predicted molar refractivity (Wildman–Crippen MR) is 80.1 cm³/mol. The van der Waals surface area contributed by atoms with Gasteiger partial charge in [-0.1, -0.05) is 27.7 Å². The minimum Gasteiger partial charge on any atom is -0.316 e. The Kier molecular flexibility index (Phi) is 6.09. The summed E-state index contributed by atoms with van der Waals surface area (Å²) < 4.78 is 0. The van der Waals surface area contributed by atoms with Crippen LogP contribution in [0.25, 0.3) is 0 Å². The summed E-state index contributed by atoms with van der Waals surface area (Å²) in [7, 11) is 2.09. The highest BCUT2D eigenvalue weighted by molar-refractivity contribution is 4.83. The highest BCUT2D eigenvalue weighted by Crippen LogP contribution is 2.22. The molecule has 3 nitrogen and oxygen atoms in total. The molecule has 0 aromatic carbocycles. The molecule has 108 valence electrons. The van der Waals surface area contributed by atoms with Crippen molar-refractivity contribution in [2.75, 3.05) is 39.8 Å². The molecule has 2 unspecified atom stereocenters. The van der Waals surface area contributed by atoms with E-state index in [0.29, 0.717) is 17.5 Å². The molecule has 0 amide bonds. The van der Waals surface area contributed by atoms with Crippen LogP contribution in [0.5, 0.6) is 0 Å².